The zero-order valence-corrected chi connectivity index (χ0v) is 7.70. The van der Waals surface area contributed by atoms with E-state index < -0.39 is 0 Å². The van der Waals surface area contributed by atoms with Crippen LogP contribution in [0, 0.1) is 0 Å². The molecular weight excluding hydrogens is 255 g/mol. The molecule has 1 aromatic heterocycles. The molecule has 1 aliphatic rings. The van der Waals surface area contributed by atoms with Gasteiger partial charge in [-0.05, 0) is 14.2 Å². The Morgan fingerprint density at radius 1 is 1.55 bits per heavy atom. The normalized spacial score (nSPS) is 13.8. The molecule has 0 aromatic carbocycles. The van der Waals surface area contributed by atoms with E-state index >= 15 is 0 Å². The molecule has 1 N–H and O–H groups in total. The number of rotatable bonds is 0. The molecule has 0 radical (unpaired) electrons. The Hall–Kier alpha value is -0.780. The summed E-state index contributed by atoms with van der Waals surface area (Å²) in [5.74, 6) is 0. The van der Waals surface area contributed by atoms with Gasteiger partial charge in [0.1, 0.15) is 0 Å². The zero-order valence-electron chi connectivity index (χ0n) is 5.54. The molecular formula is C7H5IN2O. The van der Waals surface area contributed by atoms with Gasteiger partial charge < -0.3 is 4.98 Å². The van der Waals surface area contributed by atoms with Crippen molar-refractivity contribution in [1.82, 2.24) is 9.97 Å². The molecule has 1 aliphatic heterocycles. The minimum absolute atomic E-state index is 0.0287. The van der Waals surface area contributed by atoms with E-state index in [9.17, 15) is 4.79 Å². The van der Waals surface area contributed by atoms with Crippen molar-refractivity contribution in [2.75, 3.05) is 0 Å². The van der Waals surface area contributed by atoms with Crippen LogP contribution in [0.3, 0.4) is 0 Å². The molecule has 0 saturated carbocycles. The summed E-state index contributed by atoms with van der Waals surface area (Å²) in [5.41, 5.74) is 1.50. The maximum Gasteiger partial charge on any atom is 0.259 e. The second-order valence-corrected chi connectivity index (χ2v) is 4.12. The van der Waals surface area contributed by atoms with Crippen LogP contribution in [-0.4, -0.2) is 14.0 Å². The second kappa shape index (κ2) is 2.69. The van der Waals surface area contributed by atoms with E-state index in [1.54, 1.807) is 0 Å². The number of fused-ring (bicyclic) bond motifs is 1. The molecule has 56 valence electrons. The Labute approximate surface area is 72.9 Å². The molecule has 0 atom stereocenters. The third-order valence-electron chi connectivity index (χ3n) is 1.39. The SMILES string of the molecule is O=c1[nH]cnc2c1C=IC=C2. The van der Waals surface area contributed by atoms with Gasteiger partial charge in [0, 0.05) is 0 Å². The molecule has 1 aromatic rings. The van der Waals surface area contributed by atoms with Crippen molar-refractivity contribution in [2.24, 2.45) is 0 Å². The highest BCUT2D eigenvalue weighted by atomic mass is 127. The van der Waals surface area contributed by atoms with Crippen LogP contribution in [0.15, 0.2) is 15.2 Å². The molecule has 0 saturated heterocycles. The number of halogens is 1. The molecule has 2 rings (SSSR count). The lowest BCUT2D eigenvalue weighted by Crippen LogP contribution is -2.14. The molecule has 0 bridgehead atoms. The van der Waals surface area contributed by atoms with Crippen LogP contribution >= 0.6 is 20.7 Å². The quantitative estimate of drug-likeness (QED) is 0.703. The number of hydrogen-bond donors (Lipinski definition) is 1. The number of H-pyrrole nitrogens is 1. The van der Waals surface area contributed by atoms with Gasteiger partial charge in [-0.2, -0.15) is 0 Å². The summed E-state index contributed by atoms with van der Waals surface area (Å²) in [6.07, 6.45) is 3.35. The summed E-state index contributed by atoms with van der Waals surface area (Å²) in [6, 6.07) is 0. The van der Waals surface area contributed by atoms with Gasteiger partial charge in [-0.1, -0.05) is 20.7 Å². The summed E-state index contributed by atoms with van der Waals surface area (Å²) in [5, 5.41) is 0. The maximum absolute atomic E-state index is 11.1. The van der Waals surface area contributed by atoms with E-state index in [4.69, 9.17) is 0 Å². The second-order valence-electron chi connectivity index (χ2n) is 2.06. The third kappa shape index (κ3) is 1.18. The van der Waals surface area contributed by atoms with Crippen LogP contribution in [0.2, 0.25) is 0 Å². The van der Waals surface area contributed by atoms with E-state index in [2.05, 4.69) is 14.1 Å². The van der Waals surface area contributed by atoms with Crippen LogP contribution < -0.4 is 5.56 Å². The van der Waals surface area contributed by atoms with E-state index in [1.165, 1.54) is 6.33 Å². The van der Waals surface area contributed by atoms with E-state index in [0.717, 1.165) is 11.3 Å². The first-order valence-electron chi connectivity index (χ1n) is 3.07. The highest BCUT2D eigenvalue weighted by Crippen LogP contribution is 2.12. The van der Waals surface area contributed by atoms with E-state index in [-0.39, 0.29) is 26.3 Å². The van der Waals surface area contributed by atoms with Gasteiger partial charge in [0.15, 0.2) is 0 Å². The Morgan fingerprint density at radius 2 is 2.45 bits per heavy atom. The molecule has 0 unspecified atom stereocenters. The van der Waals surface area contributed by atoms with Gasteiger partial charge >= 0.3 is 0 Å². The average Bonchev–Trinajstić information content (AvgIpc) is 2.06. The summed E-state index contributed by atoms with van der Waals surface area (Å²) < 4.78 is 4.08. The first kappa shape index (κ1) is 6.90. The largest absolute Gasteiger partial charge is 0.313 e. The number of aromatic amines is 1. The summed E-state index contributed by atoms with van der Waals surface area (Å²) in [6.45, 7) is 0. The van der Waals surface area contributed by atoms with Gasteiger partial charge in [-0.25, -0.2) is 4.98 Å². The standard InChI is InChI=1S/C7H5IN2O/c11-7-5-3-8-2-1-6(5)9-4-10-7/h1-4H,(H,9,10,11). The van der Waals surface area contributed by atoms with Gasteiger partial charge in [-0.3, -0.25) is 4.79 Å². The molecule has 0 spiro atoms. The Kier molecular flexibility index (Phi) is 1.69. The molecule has 2 heterocycles. The molecule has 4 heteroatoms. The van der Waals surface area contributed by atoms with E-state index in [0.29, 0.717) is 0 Å². The van der Waals surface area contributed by atoms with Crippen LogP contribution in [0.25, 0.3) is 6.08 Å². The fourth-order valence-corrected chi connectivity index (χ4v) is 2.58. The maximum atomic E-state index is 11.1. The van der Waals surface area contributed by atoms with Gasteiger partial charge in [0.05, 0.1) is 17.6 Å². The van der Waals surface area contributed by atoms with Crippen molar-refractivity contribution in [2.45, 2.75) is 0 Å². The predicted molar refractivity (Wildman–Crippen MR) is 53.1 cm³/mol. The minimum atomic E-state index is -0.0566. The van der Waals surface area contributed by atoms with Crippen LogP contribution in [0.1, 0.15) is 11.3 Å². The van der Waals surface area contributed by atoms with Crippen molar-refractivity contribution < 1.29 is 0 Å². The fraction of sp³-hybridized carbons (Fsp3) is 0. The molecule has 0 amide bonds. The lowest BCUT2D eigenvalue weighted by atomic mass is 10.2. The number of aromatic nitrogens is 2. The van der Waals surface area contributed by atoms with Crippen molar-refractivity contribution in [3.05, 3.63) is 32.0 Å². The van der Waals surface area contributed by atoms with Crippen LogP contribution in [-0.2, 0) is 0 Å². The Morgan fingerprint density at radius 3 is 3.27 bits per heavy atom. The van der Waals surface area contributed by atoms with Crippen LogP contribution in [0.4, 0.5) is 0 Å². The Bertz CT molecular complexity index is 392. The number of nitrogens with zero attached hydrogens (tertiary/aromatic N) is 1. The van der Waals surface area contributed by atoms with Gasteiger partial charge in [-0.15, -0.1) is 0 Å². The van der Waals surface area contributed by atoms with Crippen molar-refractivity contribution >= 4 is 30.8 Å². The molecule has 3 nitrogen and oxygen atoms in total. The summed E-state index contributed by atoms with van der Waals surface area (Å²) >= 11 is -0.0566. The monoisotopic (exact) mass is 260 g/mol. The van der Waals surface area contributed by atoms with Gasteiger partial charge in [0.25, 0.3) is 5.56 Å². The lowest BCUT2D eigenvalue weighted by molar-refractivity contribution is 1.10. The highest BCUT2D eigenvalue weighted by molar-refractivity contribution is 14.2. The summed E-state index contributed by atoms with van der Waals surface area (Å²) in [7, 11) is 0. The smallest absolute Gasteiger partial charge is 0.259 e. The molecule has 0 fully saturated rings. The first-order chi connectivity index (χ1) is 5.38. The zero-order chi connectivity index (χ0) is 7.68. The average molecular weight is 260 g/mol. The fourth-order valence-electron chi connectivity index (χ4n) is 0.858. The van der Waals surface area contributed by atoms with E-state index in [1.807, 2.05) is 10.1 Å². The number of nitrogens with one attached hydrogen (secondary N) is 1. The lowest BCUT2D eigenvalue weighted by Gasteiger charge is -1.99. The van der Waals surface area contributed by atoms with Crippen LogP contribution in [0.5, 0.6) is 0 Å². The number of hydrogen-bond acceptors (Lipinski definition) is 2. The molecule has 0 aliphatic carbocycles. The van der Waals surface area contributed by atoms with Crippen molar-refractivity contribution in [1.29, 1.82) is 0 Å². The molecule has 11 heavy (non-hydrogen) atoms. The van der Waals surface area contributed by atoms with Gasteiger partial charge in [0.2, 0.25) is 0 Å². The third-order valence-corrected chi connectivity index (χ3v) is 3.14. The first-order valence-corrected chi connectivity index (χ1v) is 5.56. The van der Waals surface area contributed by atoms with Crippen molar-refractivity contribution in [3.8, 4) is 0 Å². The van der Waals surface area contributed by atoms with Crippen molar-refractivity contribution in [3.63, 3.8) is 0 Å². The topological polar surface area (TPSA) is 45.8 Å². The predicted octanol–water partition coefficient (Wildman–Crippen LogP) is 0.875. The minimum Gasteiger partial charge on any atom is -0.313 e. The summed E-state index contributed by atoms with van der Waals surface area (Å²) in [4.78, 5) is 17.7. The highest BCUT2D eigenvalue weighted by Gasteiger charge is 2.03. The Balaban J connectivity index is 2.80.